The summed E-state index contributed by atoms with van der Waals surface area (Å²) in [6.07, 6.45) is 2.17. The summed E-state index contributed by atoms with van der Waals surface area (Å²) < 4.78 is 5.18. The third kappa shape index (κ3) is 4.77. The summed E-state index contributed by atoms with van der Waals surface area (Å²) in [6, 6.07) is 11.5. The minimum Gasteiger partial charge on any atom is -0.383 e. The fourth-order valence-electron chi connectivity index (χ4n) is 1.91. The van der Waals surface area contributed by atoms with Gasteiger partial charge >= 0.3 is 0 Å². The molecule has 16 heavy (non-hydrogen) atoms. The van der Waals surface area contributed by atoms with Gasteiger partial charge < -0.3 is 10.1 Å². The maximum atomic E-state index is 5.18. The highest BCUT2D eigenvalue weighted by Crippen LogP contribution is 2.04. The van der Waals surface area contributed by atoms with E-state index in [0.29, 0.717) is 12.1 Å². The van der Waals surface area contributed by atoms with E-state index in [-0.39, 0.29) is 0 Å². The van der Waals surface area contributed by atoms with Crippen LogP contribution < -0.4 is 5.32 Å². The van der Waals surface area contributed by atoms with E-state index in [1.807, 2.05) is 0 Å². The summed E-state index contributed by atoms with van der Waals surface area (Å²) in [6.45, 7) is 5.20. The average molecular weight is 221 g/mol. The van der Waals surface area contributed by atoms with Crippen LogP contribution in [0.5, 0.6) is 0 Å². The van der Waals surface area contributed by atoms with Crippen molar-refractivity contribution < 1.29 is 4.74 Å². The molecule has 0 saturated heterocycles. The van der Waals surface area contributed by atoms with E-state index in [2.05, 4.69) is 49.5 Å². The molecule has 2 unspecified atom stereocenters. The Bertz CT molecular complexity index is 273. The molecule has 0 radical (unpaired) electrons. The Morgan fingerprint density at radius 1 is 1.25 bits per heavy atom. The number of hydrogen-bond donors (Lipinski definition) is 1. The zero-order chi connectivity index (χ0) is 11.8. The molecule has 0 aliphatic rings. The summed E-state index contributed by atoms with van der Waals surface area (Å²) in [5, 5.41) is 3.59. The van der Waals surface area contributed by atoms with E-state index in [9.17, 15) is 0 Å². The highest BCUT2D eigenvalue weighted by Gasteiger charge is 2.10. The maximum Gasteiger partial charge on any atom is 0.0615 e. The lowest BCUT2D eigenvalue weighted by molar-refractivity contribution is 0.159. The van der Waals surface area contributed by atoms with Gasteiger partial charge in [0.1, 0.15) is 0 Å². The van der Waals surface area contributed by atoms with Crippen molar-refractivity contribution in [3.05, 3.63) is 35.9 Å². The summed E-state index contributed by atoms with van der Waals surface area (Å²) >= 11 is 0. The number of nitrogens with one attached hydrogen (secondary N) is 1. The van der Waals surface area contributed by atoms with Crippen molar-refractivity contribution in [1.82, 2.24) is 5.32 Å². The molecule has 0 saturated carbocycles. The van der Waals surface area contributed by atoms with E-state index < -0.39 is 0 Å². The SMILES string of the molecule is CCC(COC)NC(C)Cc1ccccc1. The van der Waals surface area contributed by atoms with Crippen LogP contribution in [0.3, 0.4) is 0 Å². The van der Waals surface area contributed by atoms with Crippen LogP contribution in [-0.4, -0.2) is 25.8 Å². The normalized spacial score (nSPS) is 14.7. The van der Waals surface area contributed by atoms with Gasteiger partial charge in [-0.2, -0.15) is 0 Å². The van der Waals surface area contributed by atoms with Crippen LogP contribution in [0.15, 0.2) is 30.3 Å². The summed E-state index contributed by atoms with van der Waals surface area (Å²) in [5.41, 5.74) is 1.38. The average Bonchev–Trinajstić information content (AvgIpc) is 2.29. The number of ether oxygens (including phenoxy) is 1. The number of benzene rings is 1. The maximum absolute atomic E-state index is 5.18. The third-order valence-electron chi connectivity index (χ3n) is 2.77. The van der Waals surface area contributed by atoms with Gasteiger partial charge in [-0.1, -0.05) is 37.3 Å². The predicted octanol–water partition coefficient (Wildman–Crippen LogP) is 2.63. The lowest BCUT2D eigenvalue weighted by Crippen LogP contribution is -2.40. The van der Waals surface area contributed by atoms with E-state index in [0.717, 1.165) is 19.4 Å². The Morgan fingerprint density at radius 3 is 2.50 bits per heavy atom. The van der Waals surface area contributed by atoms with Crippen molar-refractivity contribution in [2.24, 2.45) is 0 Å². The van der Waals surface area contributed by atoms with Crippen molar-refractivity contribution in [1.29, 1.82) is 0 Å². The van der Waals surface area contributed by atoms with Gasteiger partial charge in [0, 0.05) is 19.2 Å². The Balaban J connectivity index is 2.37. The first-order valence-electron chi connectivity index (χ1n) is 6.05. The second kappa shape index (κ2) is 7.42. The lowest BCUT2D eigenvalue weighted by Gasteiger charge is -2.21. The zero-order valence-electron chi connectivity index (χ0n) is 10.6. The Kier molecular flexibility index (Phi) is 6.12. The van der Waals surface area contributed by atoms with Crippen molar-refractivity contribution in [2.75, 3.05) is 13.7 Å². The van der Waals surface area contributed by atoms with Crippen LogP contribution in [-0.2, 0) is 11.2 Å². The second-order valence-corrected chi connectivity index (χ2v) is 4.32. The molecule has 0 bridgehead atoms. The fraction of sp³-hybridized carbons (Fsp3) is 0.571. The quantitative estimate of drug-likeness (QED) is 0.764. The van der Waals surface area contributed by atoms with Crippen LogP contribution in [0.25, 0.3) is 0 Å². The van der Waals surface area contributed by atoms with E-state index in [4.69, 9.17) is 4.74 Å². The van der Waals surface area contributed by atoms with Crippen LogP contribution >= 0.6 is 0 Å². The lowest BCUT2D eigenvalue weighted by atomic mass is 10.1. The summed E-state index contributed by atoms with van der Waals surface area (Å²) in [7, 11) is 1.76. The molecule has 0 spiro atoms. The summed E-state index contributed by atoms with van der Waals surface area (Å²) in [4.78, 5) is 0. The van der Waals surface area contributed by atoms with E-state index in [1.54, 1.807) is 7.11 Å². The molecule has 1 rings (SSSR count). The number of hydrogen-bond acceptors (Lipinski definition) is 2. The second-order valence-electron chi connectivity index (χ2n) is 4.32. The topological polar surface area (TPSA) is 21.3 Å². The predicted molar refractivity (Wildman–Crippen MR) is 68.7 cm³/mol. The minimum atomic E-state index is 0.462. The standard InChI is InChI=1S/C14H23NO/c1-4-14(11-16-3)15-12(2)10-13-8-6-5-7-9-13/h5-9,12,14-15H,4,10-11H2,1-3H3. The molecule has 2 atom stereocenters. The molecule has 2 heteroatoms. The molecule has 1 aromatic rings. The zero-order valence-corrected chi connectivity index (χ0v) is 10.6. The monoisotopic (exact) mass is 221 g/mol. The fourth-order valence-corrected chi connectivity index (χ4v) is 1.91. The van der Waals surface area contributed by atoms with Crippen LogP contribution in [0.1, 0.15) is 25.8 Å². The van der Waals surface area contributed by atoms with Crippen molar-refractivity contribution in [3.8, 4) is 0 Å². The summed E-state index contributed by atoms with van der Waals surface area (Å²) in [5.74, 6) is 0. The molecule has 2 nitrogen and oxygen atoms in total. The molecule has 1 N–H and O–H groups in total. The first-order valence-corrected chi connectivity index (χ1v) is 6.05. The van der Waals surface area contributed by atoms with Gasteiger partial charge in [0.25, 0.3) is 0 Å². The molecule has 0 aromatic heterocycles. The smallest absolute Gasteiger partial charge is 0.0615 e. The highest BCUT2D eigenvalue weighted by atomic mass is 16.5. The van der Waals surface area contributed by atoms with Gasteiger partial charge in [0.15, 0.2) is 0 Å². The third-order valence-corrected chi connectivity index (χ3v) is 2.77. The number of rotatable bonds is 7. The molecule has 90 valence electrons. The Morgan fingerprint density at radius 2 is 1.94 bits per heavy atom. The first-order chi connectivity index (χ1) is 7.76. The van der Waals surface area contributed by atoms with Gasteiger partial charge in [0.05, 0.1) is 6.61 Å². The molecule has 0 fully saturated rings. The van der Waals surface area contributed by atoms with Gasteiger partial charge in [-0.15, -0.1) is 0 Å². The van der Waals surface area contributed by atoms with Gasteiger partial charge in [-0.25, -0.2) is 0 Å². The molecule has 0 aliphatic carbocycles. The molecular weight excluding hydrogens is 198 g/mol. The van der Waals surface area contributed by atoms with Crippen molar-refractivity contribution in [3.63, 3.8) is 0 Å². The molecule has 0 aliphatic heterocycles. The van der Waals surface area contributed by atoms with Gasteiger partial charge in [-0.3, -0.25) is 0 Å². The Labute approximate surface area is 99.0 Å². The first kappa shape index (κ1) is 13.2. The van der Waals surface area contributed by atoms with Crippen molar-refractivity contribution >= 4 is 0 Å². The number of methoxy groups -OCH3 is 1. The van der Waals surface area contributed by atoms with Crippen molar-refractivity contribution in [2.45, 2.75) is 38.8 Å². The molecular formula is C14H23NO. The van der Waals surface area contributed by atoms with Crippen LogP contribution in [0.4, 0.5) is 0 Å². The molecule has 0 amide bonds. The van der Waals surface area contributed by atoms with Gasteiger partial charge in [0.2, 0.25) is 0 Å². The largest absolute Gasteiger partial charge is 0.383 e. The minimum absolute atomic E-state index is 0.462. The van der Waals surface area contributed by atoms with Gasteiger partial charge in [-0.05, 0) is 25.3 Å². The van der Waals surface area contributed by atoms with Crippen LogP contribution in [0, 0.1) is 0 Å². The molecule has 1 aromatic carbocycles. The van der Waals surface area contributed by atoms with E-state index >= 15 is 0 Å². The van der Waals surface area contributed by atoms with Crippen LogP contribution in [0.2, 0.25) is 0 Å². The van der Waals surface area contributed by atoms with E-state index in [1.165, 1.54) is 5.56 Å². The highest BCUT2D eigenvalue weighted by molar-refractivity contribution is 5.15. The molecule has 0 heterocycles. The Hall–Kier alpha value is -0.860.